The first-order chi connectivity index (χ1) is 16.2. The predicted molar refractivity (Wildman–Crippen MR) is 137 cm³/mol. The number of tetrazole rings is 1. The molecule has 0 unspecified atom stereocenters. The molecule has 34 heavy (non-hydrogen) atoms. The zero-order valence-corrected chi connectivity index (χ0v) is 21.7. The minimum Gasteiger partial charge on any atom is -0.322 e. The van der Waals surface area contributed by atoms with E-state index < -0.39 is 0 Å². The summed E-state index contributed by atoms with van der Waals surface area (Å²) < 4.78 is 1.97. The molecule has 0 radical (unpaired) electrons. The second-order valence-electron chi connectivity index (χ2n) is 11.1. The molecule has 0 bridgehead atoms. The Morgan fingerprint density at radius 3 is 2.56 bits per heavy atom. The van der Waals surface area contributed by atoms with Gasteiger partial charge in [-0.3, -0.25) is 9.69 Å². The van der Waals surface area contributed by atoms with Crippen LogP contribution in [0.25, 0.3) is 10.9 Å². The second kappa shape index (κ2) is 9.98. The van der Waals surface area contributed by atoms with Crippen molar-refractivity contribution >= 4 is 10.9 Å². The number of nitrogens with zero attached hydrogens (tertiary/aromatic N) is 5. The number of aromatic amines is 1. The minimum absolute atomic E-state index is 0.00368. The third kappa shape index (κ3) is 5.09. The smallest absolute Gasteiger partial charge is 0.252 e. The van der Waals surface area contributed by atoms with Gasteiger partial charge in [0.1, 0.15) is 0 Å². The van der Waals surface area contributed by atoms with Crippen LogP contribution in [-0.2, 0) is 12.1 Å². The molecule has 184 valence electrons. The highest BCUT2D eigenvalue weighted by Crippen LogP contribution is 2.35. The summed E-state index contributed by atoms with van der Waals surface area (Å²) in [6.07, 6.45) is 8.04. The van der Waals surface area contributed by atoms with Crippen LogP contribution in [0.1, 0.15) is 101 Å². The summed E-state index contributed by atoms with van der Waals surface area (Å²) in [5.41, 5.74) is 3.88. The zero-order valence-electron chi connectivity index (χ0n) is 21.7. The van der Waals surface area contributed by atoms with Gasteiger partial charge in [-0.15, -0.1) is 5.10 Å². The van der Waals surface area contributed by atoms with Gasteiger partial charge in [-0.05, 0) is 87.6 Å². The van der Waals surface area contributed by atoms with E-state index in [4.69, 9.17) is 0 Å². The van der Waals surface area contributed by atoms with Crippen LogP contribution in [0.3, 0.4) is 0 Å². The number of hydrogen-bond acceptors (Lipinski definition) is 5. The van der Waals surface area contributed by atoms with Crippen molar-refractivity contribution in [2.45, 2.75) is 111 Å². The molecular formula is C27H40N6O. The molecule has 4 rings (SSSR count). The van der Waals surface area contributed by atoms with Crippen molar-refractivity contribution in [1.82, 2.24) is 30.1 Å². The quantitative estimate of drug-likeness (QED) is 0.495. The Kier molecular flexibility index (Phi) is 7.22. The zero-order chi connectivity index (χ0) is 24.5. The highest BCUT2D eigenvalue weighted by Gasteiger charge is 2.34. The molecule has 1 aliphatic carbocycles. The molecule has 1 fully saturated rings. The fourth-order valence-corrected chi connectivity index (χ4v) is 5.53. The SMILES string of the molecule is CCC[C@@H](c1nnnn1C(C)(C)C)N(Cc1cc2c(C)cc(C)cc2[nH]c1=O)C1CCCCC1. The molecule has 2 aromatic heterocycles. The van der Waals surface area contributed by atoms with E-state index in [0.29, 0.717) is 12.6 Å². The first-order valence-corrected chi connectivity index (χ1v) is 12.9. The van der Waals surface area contributed by atoms with Gasteiger partial charge in [0.25, 0.3) is 5.56 Å². The lowest BCUT2D eigenvalue weighted by Gasteiger charge is -2.40. The highest BCUT2D eigenvalue weighted by atomic mass is 16.1. The molecule has 1 aromatic carbocycles. The number of H-pyrrole nitrogens is 1. The van der Waals surface area contributed by atoms with Crippen LogP contribution >= 0.6 is 0 Å². The van der Waals surface area contributed by atoms with Gasteiger partial charge in [-0.2, -0.15) is 0 Å². The number of aryl methyl sites for hydroxylation is 2. The molecule has 1 N–H and O–H groups in total. The summed E-state index contributed by atoms with van der Waals surface area (Å²) in [6.45, 7) is 13.4. The van der Waals surface area contributed by atoms with Crippen molar-refractivity contribution in [3.8, 4) is 0 Å². The number of nitrogens with one attached hydrogen (secondary N) is 1. The van der Waals surface area contributed by atoms with E-state index in [1.165, 1.54) is 24.8 Å². The second-order valence-corrected chi connectivity index (χ2v) is 11.1. The van der Waals surface area contributed by atoms with Gasteiger partial charge in [0.15, 0.2) is 5.82 Å². The number of rotatable bonds is 7. The topological polar surface area (TPSA) is 79.7 Å². The fourth-order valence-electron chi connectivity index (χ4n) is 5.53. The minimum atomic E-state index is -0.210. The third-order valence-electron chi connectivity index (χ3n) is 7.18. The summed E-state index contributed by atoms with van der Waals surface area (Å²) in [4.78, 5) is 18.9. The van der Waals surface area contributed by atoms with E-state index in [1.54, 1.807) is 0 Å². The van der Waals surface area contributed by atoms with E-state index >= 15 is 0 Å². The van der Waals surface area contributed by atoms with Crippen LogP contribution in [0.15, 0.2) is 23.0 Å². The van der Waals surface area contributed by atoms with Crippen molar-refractivity contribution in [1.29, 1.82) is 0 Å². The molecule has 3 aromatic rings. The van der Waals surface area contributed by atoms with Gasteiger partial charge >= 0.3 is 0 Å². The maximum atomic E-state index is 13.2. The van der Waals surface area contributed by atoms with Crippen molar-refractivity contribution < 1.29 is 0 Å². The van der Waals surface area contributed by atoms with E-state index in [-0.39, 0.29) is 17.1 Å². The maximum Gasteiger partial charge on any atom is 0.252 e. The summed E-state index contributed by atoms with van der Waals surface area (Å²) in [6, 6.07) is 6.83. The maximum absolute atomic E-state index is 13.2. The third-order valence-corrected chi connectivity index (χ3v) is 7.18. The lowest BCUT2D eigenvalue weighted by Crippen LogP contribution is -2.42. The van der Waals surface area contributed by atoms with Gasteiger partial charge in [-0.25, -0.2) is 4.68 Å². The molecule has 1 aliphatic rings. The molecule has 1 atom stereocenters. The molecule has 0 aliphatic heterocycles. The number of aromatic nitrogens is 5. The van der Waals surface area contributed by atoms with Crippen LogP contribution in [0.5, 0.6) is 0 Å². The lowest BCUT2D eigenvalue weighted by atomic mass is 9.91. The normalized spacial score (nSPS) is 16.4. The van der Waals surface area contributed by atoms with Gasteiger partial charge in [0, 0.05) is 29.1 Å². The predicted octanol–water partition coefficient (Wildman–Crippen LogP) is 5.56. The molecule has 0 saturated heterocycles. The van der Waals surface area contributed by atoms with Crippen molar-refractivity contribution in [2.24, 2.45) is 0 Å². The summed E-state index contributed by atoms with van der Waals surface area (Å²) in [5, 5.41) is 14.1. The van der Waals surface area contributed by atoms with Gasteiger partial charge in [0.05, 0.1) is 11.6 Å². The van der Waals surface area contributed by atoms with Crippen molar-refractivity contribution in [3.63, 3.8) is 0 Å². The van der Waals surface area contributed by atoms with Crippen molar-refractivity contribution in [3.05, 3.63) is 51.1 Å². The fraction of sp³-hybridized carbons (Fsp3) is 0.630. The Morgan fingerprint density at radius 1 is 1.15 bits per heavy atom. The standard InChI is InChI=1S/C27H40N6O/c1-7-11-24(25-29-30-31-33(25)27(4,5)6)32(21-12-9-8-10-13-21)17-20-16-22-19(3)14-18(2)15-23(22)28-26(20)34/h14-16,21,24H,7-13,17H2,1-6H3,(H,28,34)/t24-/m0/s1. The van der Waals surface area contributed by atoms with Gasteiger partial charge < -0.3 is 4.98 Å². The highest BCUT2D eigenvalue weighted by molar-refractivity contribution is 5.83. The number of benzene rings is 1. The number of pyridine rings is 1. The molecule has 7 nitrogen and oxygen atoms in total. The first-order valence-electron chi connectivity index (χ1n) is 12.9. The largest absolute Gasteiger partial charge is 0.322 e. The van der Waals surface area contributed by atoms with Crippen LogP contribution in [0.4, 0.5) is 0 Å². The van der Waals surface area contributed by atoms with E-state index in [9.17, 15) is 4.79 Å². The Labute approximate surface area is 202 Å². The van der Waals surface area contributed by atoms with Gasteiger partial charge in [-0.1, -0.05) is 38.7 Å². The Hall–Kier alpha value is -2.54. The van der Waals surface area contributed by atoms with E-state index in [0.717, 1.165) is 53.5 Å². The van der Waals surface area contributed by atoms with Crippen LogP contribution < -0.4 is 5.56 Å². The van der Waals surface area contributed by atoms with Crippen LogP contribution in [-0.4, -0.2) is 36.1 Å². The Balaban J connectivity index is 1.79. The lowest BCUT2D eigenvalue weighted by molar-refractivity contribution is 0.0779. The molecular weight excluding hydrogens is 424 g/mol. The first kappa shape index (κ1) is 24.6. The average Bonchev–Trinajstić information content (AvgIpc) is 3.27. The van der Waals surface area contributed by atoms with Crippen LogP contribution in [0.2, 0.25) is 0 Å². The van der Waals surface area contributed by atoms with Crippen molar-refractivity contribution in [2.75, 3.05) is 0 Å². The van der Waals surface area contributed by atoms with E-state index in [1.807, 2.05) is 4.68 Å². The Morgan fingerprint density at radius 2 is 1.88 bits per heavy atom. The number of fused-ring (bicyclic) bond motifs is 1. The Bertz CT molecular complexity index is 1180. The number of hydrogen-bond donors (Lipinski definition) is 1. The summed E-state index contributed by atoms with van der Waals surface area (Å²) in [5.74, 6) is 0.906. The molecule has 1 saturated carbocycles. The average molecular weight is 465 g/mol. The van der Waals surface area contributed by atoms with E-state index in [2.05, 4.69) is 85.2 Å². The monoisotopic (exact) mass is 464 g/mol. The molecule has 2 heterocycles. The van der Waals surface area contributed by atoms with Crippen LogP contribution in [0, 0.1) is 13.8 Å². The summed E-state index contributed by atoms with van der Waals surface area (Å²) in [7, 11) is 0. The molecule has 0 spiro atoms. The molecule has 7 heteroatoms. The summed E-state index contributed by atoms with van der Waals surface area (Å²) >= 11 is 0. The molecule has 0 amide bonds. The van der Waals surface area contributed by atoms with Gasteiger partial charge in [0.2, 0.25) is 0 Å².